The van der Waals surface area contributed by atoms with Gasteiger partial charge in [0, 0.05) is 64.0 Å². The van der Waals surface area contributed by atoms with Gasteiger partial charge in [-0.05, 0) is 80.4 Å². The molecule has 1 saturated carbocycles. The van der Waals surface area contributed by atoms with Crippen molar-refractivity contribution >= 4 is 58.1 Å². The van der Waals surface area contributed by atoms with Gasteiger partial charge < -0.3 is 72.5 Å². The third-order valence-electron chi connectivity index (χ3n) is 9.47. The predicted molar refractivity (Wildman–Crippen MR) is 257 cm³/mol. The van der Waals surface area contributed by atoms with Crippen molar-refractivity contribution in [1.29, 1.82) is 0 Å². The Labute approximate surface area is 394 Å². The summed E-state index contributed by atoms with van der Waals surface area (Å²) >= 11 is 0. The number of hydrogen-bond acceptors (Lipinski definition) is 15. The Morgan fingerprint density at radius 3 is 2.15 bits per heavy atom. The molecule has 2 aliphatic carbocycles. The van der Waals surface area contributed by atoms with Gasteiger partial charge in [-0.3, -0.25) is 24.0 Å². The molecule has 23 heteroatoms. The number of primary amides is 1. The highest BCUT2D eigenvalue weighted by molar-refractivity contribution is 7.37. The lowest BCUT2D eigenvalue weighted by atomic mass is 10.0. The fourth-order valence-corrected chi connectivity index (χ4v) is 6.81. The van der Waals surface area contributed by atoms with Gasteiger partial charge in [0.25, 0.3) is 0 Å². The first-order valence-electron chi connectivity index (χ1n) is 22.3. The van der Waals surface area contributed by atoms with E-state index in [9.17, 15) is 28.8 Å². The first-order valence-corrected chi connectivity index (χ1v) is 23.7. The smallest absolute Gasteiger partial charge is 0.312 e. The number of methoxy groups -OCH3 is 1. The number of nitrogens with two attached hydrogens (primary N) is 4. The number of amides is 6. The van der Waals surface area contributed by atoms with E-state index in [4.69, 9.17) is 49.8 Å². The van der Waals surface area contributed by atoms with E-state index in [-0.39, 0.29) is 31.4 Å². The number of ether oxygens (including phenoxy) is 5. The van der Waals surface area contributed by atoms with Crippen molar-refractivity contribution < 1.29 is 52.5 Å². The number of carbonyl (C=O) groups excluding carboxylic acids is 6. The number of fused-ring (bicyclic) bond motifs is 1. The van der Waals surface area contributed by atoms with Gasteiger partial charge in [-0.1, -0.05) is 41.5 Å². The van der Waals surface area contributed by atoms with Gasteiger partial charge in [-0.2, -0.15) is 0 Å². The Balaban J connectivity index is 0.00000158. The SMILES string of the molecule is CCCNC(N)=O.COC.NCCOCCOCCNC=O.[B]C(=O)OCc1ccc(NC(=O)CNC(=O)C(NC(=O)CCCOCPCN(N)/C2=C(\N)CCC3CC3CC2)C(C)C)cc1. The molecule has 0 aliphatic heterocycles. The maximum atomic E-state index is 12.7. The monoisotopic (exact) mass is 953 g/mol. The number of benzene rings is 1. The van der Waals surface area contributed by atoms with Crippen LogP contribution in [0.15, 0.2) is 35.7 Å². The van der Waals surface area contributed by atoms with Crippen LogP contribution in [-0.4, -0.2) is 141 Å². The molecule has 6 amide bonds. The largest absolute Gasteiger partial charge is 0.470 e. The first kappa shape index (κ1) is 61.4. The van der Waals surface area contributed by atoms with E-state index in [0.29, 0.717) is 98.0 Å². The molecule has 3 rings (SSSR count). The maximum absolute atomic E-state index is 12.7. The number of rotatable bonds is 28. The Hall–Kier alpha value is -4.57. The van der Waals surface area contributed by atoms with Gasteiger partial charge in [0.05, 0.1) is 45.6 Å². The quantitative estimate of drug-likeness (QED) is 0.0144. The Morgan fingerprint density at radius 2 is 1.58 bits per heavy atom. The second-order valence-corrected chi connectivity index (χ2v) is 16.6. The molecule has 374 valence electrons. The zero-order chi connectivity index (χ0) is 49.5. The molecule has 0 saturated heterocycles. The number of nitrogens with zero attached hydrogens (tertiary/aromatic N) is 1. The van der Waals surface area contributed by atoms with Crippen molar-refractivity contribution in [3.63, 3.8) is 0 Å². The van der Waals surface area contributed by atoms with Crippen LogP contribution in [0, 0.1) is 17.8 Å². The average molecular weight is 953 g/mol. The summed E-state index contributed by atoms with van der Waals surface area (Å²) in [5, 5.41) is 14.7. The number of hydrogen-bond donors (Lipinski definition) is 9. The summed E-state index contributed by atoms with van der Waals surface area (Å²) < 4.78 is 24.8. The van der Waals surface area contributed by atoms with Crippen molar-refractivity contribution in [3.05, 3.63) is 41.2 Å². The fourth-order valence-electron chi connectivity index (χ4n) is 6.00. The van der Waals surface area contributed by atoms with Crippen LogP contribution in [0.4, 0.5) is 15.3 Å². The lowest BCUT2D eigenvalue weighted by Crippen LogP contribution is -2.51. The third kappa shape index (κ3) is 33.0. The first-order chi connectivity index (χ1) is 31.6. The van der Waals surface area contributed by atoms with E-state index in [1.807, 2.05) is 20.8 Å². The molecule has 4 atom stereocenters. The van der Waals surface area contributed by atoms with Crippen LogP contribution in [0.1, 0.15) is 77.7 Å². The molecular formula is C43H78BN10O11P. The summed E-state index contributed by atoms with van der Waals surface area (Å²) in [6.45, 7) is 9.74. The minimum absolute atomic E-state index is 0.0262. The van der Waals surface area contributed by atoms with Gasteiger partial charge in [-0.25, -0.2) is 10.6 Å². The van der Waals surface area contributed by atoms with Crippen LogP contribution >= 0.6 is 8.58 Å². The zero-order valence-electron chi connectivity index (χ0n) is 39.7. The molecule has 0 spiro atoms. The number of allylic oxidation sites excluding steroid dienone is 2. The Bertz CT molecular complexity index is 1550. The minimum Gasteiger partial charge on any atom is -0.470 e. The molecule has 2 aliphatic rings. The highest BCUT2D eigenvalue weighted by atomic mass is 31.1. The van der Waals surface area contributed by atoms with E-state index in [1.54, 1.807) is 43.5 Å². The number of hydrazine groups is 1. The molecule has 1 aromatic carbocycles. The molecule has 0 bridgehead atoms. The van der Waals surface area contributed by atoms with Crippen LogP contribution < -0.4 is 49.6 Å². The van der Waals surface area contributed by atoms with Gasteiger partial charge in [0.2, 0.25) is 37.8 Å². The average Bonchev–Trinajstić information content (AvgIpc) is 4.03. The Morgan fingerprint density at radius 1 is 0.924 bits per heavy atom. The van der Waals surface area contributed by atoms with Crippen LogP contribution in [-0.2, 0) is 49.5 Å². The number of carbonyl (C=O) groups is 6. The molecule has 0 aromatic heterocycles. The summed E-state index contributed by atoms with van der Waals surface area (Å²) in [4.78, 5) is 67.9. The normalized spacial score (nSPS) is 16.4. The van der Waals surface area contributed by atoms with Gasteiger partial charge in [0.1, 0.15) is 12.6 Å². The number of anilines is 1. The number of urea groups is 1. The van der Waals surface area contributed by atoms with Crippen molar-refractivity contribution in [2.45, 2.75) is 84.8 Å². The standard InChI is InChI=1S/C30H46BN6O6P.C7H16N2O3.C4H10N2O.C2H6O/c1-19(2)28(29(40)34-15-27(39)35-23-9-5-20(6-10-23)16-43-30(31)41)36-26(38)4-3-13-42-18-44-17-37(33)25-12-8-22-14-21(22)7-11-24(25)32;8-1-3-11-5-6-12-4-2-9-7-10;1-2-3-6-4(5)7;1-3-2/h5-6,9-10,19,21-22,28,44H,3-4,7-8,11-18,32-33H2,1-2H3,(H,34,40)(H,35,39)(H,36,38);7H,1-6,8H2,(H,9,10);2-3H2,1H3,(H3,5,6,7);1-2H3/b25-24-;;;. The maximum Gasteiger partial charge on any atom is 0.312 e. The summed E-state index contributed by atoms with van der Waals surface area (Å²) in [5.41, 5.74) is 19.4. The molecule has 1 fully saturated rings. The van der Waals surface area contributed by atoms with Crippen LogP contribution in [0.2, 0.25) is 0 Å². The topological polar surface area (TPSA) is 316 Å². The van der Waals surface area contributed by atoms with E-state index in [1.165, 1.54) is 19.3 Å². The van der Waals surface area contributed by atoms with Crippen LogP contribution in [0.5, 0.6) is 0 Å². The second-order valence-electron chi connectivity index (χ2n) is 15.5. The van der Waals surface area contributed by atoms with E-state index < -0.39 is 29.8 Å². The molecular weight excluding hydrogens is 874 g/mol. The number of nitrogens with one attached hydrogen (secondary N) is 5. The Kier molecular flexibility index (Phi) is 36.9. The third-order valence-corrected chi connectivity index (χ3v) is 10.4. The molecule has 1 aromatic rings. The highest BCUT2D eigenvalue weighted by Crippen LogP contribution is 2.47. The fraction of sp³-hybridized carbons (Fsp3) is 0.674. The van der Waals surface area contributed by atoms with Crippen molar-refractivity contribution in [2.24, 2.45) is 40.8 Å². The molecule has 2 radical (unpaired) electrons. The summed E-state index contributed by atoms with van der Waals surface area (Å²) in [7, 11) is 8.69. The van der Waals surface area contributed by atoms with Crippen molar-refractivity contribution in [3.8, 4) is 0 Å². The molecule has 66 heavy (non-hydrogen) atoms. The molecule has 0 heterocycles. The summed E-state index contributed by atoms with van der Waals surface area (Å²) in [5.74, 6) is 5.85. The van der Waals surface area contributed by atoms with Crippen LogP contribution in [0.25, 0.3) is 0 Å². The van der Waals surface area contributed by atoms with Crippen LogP contribution in [0.3, 0.4) is 0 Å². The summed E-state index contributed by atoms with van der Waals surface area (Å²) in [6.07, 6.45) is 9.10. The van der Waals surface area contributed by atoms with E-state index in [0.717, 1.165) is 42.5 Å². The van der Waals surface area contributed by atoms with E-state index in [2.05, 4.69) is 31.3 Å². The molecule has 4 unspecified atom stereocenters. The molecule has 21 nitrogen and oxygen atoms in total. The lowest BCUT2D eigenvalue weighted by Gasteiger charge is -2.25. The van der Waals surface area contributed by atoms with Gasteiger partial charge >= 0.3 is 6.03 Å². The minimum atomic E-state index is -0.871. The van der Waals surface area contributed by atoms with E-state index >= 15 is 0 Å². The van der Waals surface area contributed by atoms with Gasteiger partial charge in [-0.15, -0.1) is 0 Å². The van der Waals surface area contributed by atoms with Crippen molar-refractivity contribution in [1.82, 2.24) is 26.3 Å². The lowest BCUT2D eigenvalue weighted by molar-refractivity contribution is -0.131. The van der Waals surface area contributed by atoms with Crippen molar-refractivity contribution in [2.75, 3.05) is 91.4 Å². The molecule has 13 N–H and O–H groups in total. The van der Waals surface area contributed by atoms with Gasteiger partial charge in [0.15, 0.2) is 0 Å². The zero-order valence-corrected chi connectivity index (χ0v) is 40.7. The predicted octanol–water partition coefficient (Wildman–Crippen LogP) is 1.69. The second kappa shape index (κ2) is 39.6. The highest BCUT2D eigenvalue weighted by Gasteiger charge is 2.37. The summed E-state index contributed by atoms with van der Waals surface area (Å²) in [6, 6.07) is 5.42.